The predicted molar refractivity (Wildman–Crippen MR) is 79.0 cm³/mol. The summed E-state index contributed by atoms with van der Waals surface area (Å²) >= 11 is 0. The van der Waals surface area contributed by atoms with E-state index in [1.807, 2.05) is 31.2 Å². The molecule has 106 valence electrons. The molecule has 0 saturated carbocycles. The summed E-state index contributed by atoms with van der Waals surface area (Å²) in [7, 11) is 0. The van der Waals surface area contributed by atoms with Crippen molar-refractivity contribution in [2.75, 3.05) is 19.6 Å². The predicted octanol–water partition coefficient (Wildman–Crippen LogP) is 1.61. The van der Waals surface area contributed by atoms with Crippen LogP contribution in [0.2, 0.25) is 0 Å². The molecule has 4 heteroatoms. The van der Waals surface area contributed by atoms with E-state index in [4.69, 9.17) is 5.73 Å². The van der Waals surface area contributed by atoms with E-state index in [2.05, 4.69) is 24.1 Å². The summed E-state index contributed by atoms with van der Waals surface area (Å²) < 4.78 is 0. The lowest BCUT2D eigenvalue weighted by atomic mass is 10.1. The van der Waals surface area contributed by atoms with Gasteiger partial charge in [0.05, 0.1) is 0 Å². The molecule has 1 rings (SSSR count). The zero-order valence-corrected chi connectivity index (χ0v) is 12.1. The van der Waals surface area contributed by atoms with Crippen LogP contribution in [0.4, 0.5) is 0 Å². The average molecular weight is 263 g/mol. The lowest BCUT2D eigenvalue weighted by Gasteiger charge is -2.23. The van der Waals surface area contributed by atoms with Gasteiger partial charge in [0.2, 0.25) is 0 Å². The van der Waals surface area contributed by atoms with Gasteiger partial charge in [-0.05, 0) is 37.7 Å². The van der Waals surface area contributed by atoms with Gasteiger partial charge in [-0.15, -0.1) is 0 Å². The highest BCUT2D eigenvalue weighted by Crippen LogP contribution is 2.05. The Morgan fingerprint density at radius 1 is 1.37 bits per heavy atom. The van der Waals surface area contributed by atoms with Gasteiger partial charge in [0.15, 0.2) is 0 Å². The first-order chi connectivity index (χ1) is 9.10. The molecule has 0 aliphatic carbocycles. The second-order valence-electron chi connectivity index (χ2n) is 4.76. The number of amides is 1. The molecule has 1 atom stereocenters. The fourth-order valence-corrected chi connectivity index (χ4v) is 2.06. The molecule has 0 heterocycles. The number of benzene rings is 1. The van der Waals surface area contributed by atoms with Crippen molar-refractivity contribution < 1.29 is 4.79 Å². The van der Waals surface area contributed by atoms with Gasteiger partial charge in [-0.25, -0.2) is 0 Å². The van der Waals surface area contributed by atoms with E-state index in [1.165, 1.54) is 0 Å². The van der Waals surface area contributed by atoms with Gasteiger partial charge in [0.1, 0.15) is 0 Å². The van der Waals surface area contributed by atoms with Crippen molar-refractivity contribution >= 4 is 5.91 Å². The lowest BCUT2D eigenvalue weighted by molar-refractivity contribution is 0.0930. The standard InChI is InChI=1S/C15H25N3O/c1-4-18(5-2)11-12(3)17-15(19)14-8-6-7-13(9-14)10-16/h6-9,12H,4-5,10-11,16H2,1-3H3,(H,17,19). The van der Waals surface area contributed by atoms with Crippen LogP contribution < -0.4 is 11.1 Å². The second kappa shape index (κ2) is 7.92. The maximum Gasteiger partial charge on any atom is 0.251 e. The maximum atomic E-state index is 12.1. The van der Waals surface area contributed by atoms with E-state index in [0.29, 0.717) is 12.1 Å². The fraction of sp³-hybridized carbons (Fsp3) is 0.533. The van der Waals surface area contributed by atoms with Crippen LogP contribution in [0.1, 0.15) is 36.7 Å². The van der Waals surface area contributed by atoms with E-state index in [-0.39, 0.29) is 11.9 Å². The first-order valence-electron chi connectivity index (χ1n) is 6.92. The molecule has 19 heavy (non-hydrogen) atoms. The van der Waals surface area contributed by atoms with Crippen molar-refractivity contribution in [3.8, 4) is 0 Å². The average Bonchev–Trinajstić information content (AvgIpc) is 2.44. The number of carbonyl (C=O) groups excluding carboxylic acids is 1. The minimum atomic E-state index is -0.0324. The Morgan fingerprint density at radius 2 is 2.05 bits per heavy atom. The maximum absolute atomic E-state index is 12.1. The third-order valence-corrected chi connectivity index (χ3v) is 3.23. The van der Waals surface area contributed by atoms with Crippen LogP contribution in [-0.4, -0.2) is 36.5 Å². The van der Waals surface area contributed by atoms with Crippen LogP contribution in [0.5, 0.6) is 0 Å². The smallest absolute Gasteiger partial charge is 0.251 e. The van der Waals surface area contributed by atoms with Crippen LogP contribution in [0.3, 0.4) is 0 Å². The van der Waals surface area contributed by atoms with Gasteiger partial charge < -0.3 is 16.0 Å². The highest BCUT2D eigenvalue weighted by molar-refractivity contribution is 5.94. The molecule has 0 aliphatic rings. The molecular weight excluding hydrogens is 238 g/mol. The normalized spacial score (nSPS) is 12.5. The lowest BCUT2D eigenvalue weighted by Crippen LogP contribution is -2.41. The van der Waals surface area contributed by atoms with E-state index in [9.17, 15) is 4.79 Å². The minimum Gasteiger partial charge on any atom is -0.348 e. The molecule has 1 unspecified atom stereocenters. The third kappa shape index (κ3) is 5.01. The van der Waals surface area contributed by atoms with E-state index >= 15 is 0 Å². The number of hydrogen-bond acceptors (Lipinski definition) is 3. The van der Waals surface area contributed by atoms with Gasteiger partial charge >= 0.3 is 0 Å². The quantitative estimate of drug-likeness (QED) is 0.785. The number of carbonyl (C=O) groups is 1. The Bertz CT molecular complexity index is 402. The van der Waals surface area contributed by atoms with Gasteiger partial charge in [-0.2, -0.15) is 0 Å². The Kier molecular flexibility index (Phi) is 6.53. The summed E-state index contributed by atoms with van der Waals surface area (Å²) in [5.74, 6) is -0.0324. The minimum absolute atomic E-state index is 0.0324. The molecule has 0 fully saturated rings. The van der Waals surface area contributed by atoms with Crippen molar-refractivity contribution in [2.24, 2.45) is 5.73 Å². The molecule has 0 bridgehead atoms. The highest BCUT2D eigenvalue weighted by atomic mass is 16.1. The van der Waals surface area contributed by atoms with Gasteiger partial charge in [-0.1, -0.05) is 26.0 Å². The van der Waals surface area contributed by atoms with Crippen molar-refractivity contribution in [1.82, 2.24) is 10.2 Å². The van der Waals surface area contributed by atoms with Gasteiger partial charge in [0, 0.05) is 24.7 Å². The first-order valence-corrected chi connectivity index (χ1v) is 6.92. The number of nitrogens with two attached hydrogens (primary N) is 1. The Morgan fingerprint density at radius 3 is 2.63 bits per heavy atom. The van der Waals surface area contributed by atoms with Crippen molar-refractivity contribution in [3.05, 3.63) is 35.4 Å². The monoisotopic (exact) mass is 263 g/mol. The summed E-state index contributed by atoms with van der Waals surface area (Å²) in [6, 6.07) is 7.59. The number of nitrogens with one attached hydrogen (secondary N) is 1. The molecule has 0 aromatic heterocycles. The highest BCUT2D eigenvalue weighted by Gasteiger charge is 2.12. The summed E-state index contributed by atoms with van der Waals surface area (Å²) in [5.41, 5.74) is 7.23. The largest absolute Gasteiger partial charge is 0.348 e. The Hall–Kier alpha value is -1.39. The SMILES string of the molecule is CCN(CC)CC(C)NC(=O)c1cccc(CN)c1. The Balaban J connectivity index is 2.58. The van der Waals surface area contributed by atoms with Gasteiger partial charge in [0.25, 0.3) is 5.91 Å². The number of likely N-dealkylation sites (N-methyl/N-ethyl adjacent to an activating group) is 1. The zero-order valence-electron chi connectivity index (χ0n) is 12.1. The van der Waals surface area contributed by atoms with Crippen molar-refractivity contribution in [1.29, 1.82) is 0 Å². The third-order valence-electron chi connectivity index (χ3n) is 3.23. The molecule has 4 nitrogen and oxygen atoms in total. The molecular formula is C15H25N3O. The molecule has 0 saturated heterocycles. The van der Waals surface area contributed by atoms with Crippen molar-refractivity contribution in [3.63, 3.8) is 0 Å². The summed E-state index contributed by atoms with van der Waals surface area (Å²) in [6.07, 6.45) is 0. The molecule has 3 N–H and O–H groups in total. The zero-order chi connectivity index (χ0) is 14.3. The second-order valence-corrected chi connectivity index (χ2v) is 4.76. The molecule has 1 amide bonds. The van der Waals surface area contributed by atoms with E-state index in [1.54, 1.807) is 0 Å². The van der Waals surface area contributed by atoms with Gasteiger partial charge in [-0.3, -0.25) is 4.79 Å². The molecule has 1 aromatic rings. The van der Waals surface area contributed by atoms with Crippen molar-refractivity contribution in [2.45, 2.75) is 33.4 Å². The Labute approximate surface area is 116 Å². The number of hydrogen-bond donors (Lipinski definition) is 2. The molecule has 0 aliphatic heterocycles. The van der Waals surface area contributed by atoms with E-state index < -0.39 is 0 Å². The summed E-state index contributed by atoms with van der Waals surface area (Å²) in [5, 5.41) is 3.03. The molecule has 0 radical (unpaired) electrons. The summed E-state index contributed by atoms with van der Waals surface area (Å²) in [4.78, 5) is 14.4. The van der Waals surface area contributed by atoms with Crippen LogP contribution in [-0.2, 0) is 6.54 Å². The number of rotatable bonds is 7. The fourth-order valence-electron chi connectivity index (χ4n) is 2.06. The van der Waals surface area contributed by atoms with Crippen LogP contribution in [0, 0.1) is 0 Å². The topological polar surface area (TPSA) is 58.4 Å². The van der Waals surface area contributed by atoms with Crippen LogP contribution >= 0.6 is 0 Å². The van der Waals surface area contributed by atoms with E-state index in [0.717, 1.165) is 25.2 Å². The van der Waals surface area contributed by atoms with Crippen LogP contribution in [0.15, 0.2) is 24.3 Å². The van der Waals surface area contributed by atoms with Crippen LogP contribution in [0.25, 0.3) is 0 Å². The molecule has 1 aromatic carbocycles. The summed E-state index contributed by atoms with van der Waals surface area (Å²) in [6.45, 7) is 9.61. The first kappa shape index (κ1) is 15.7. The number of nitrogens with zero attached hydrogens (tertiary/aromatic N) is 1. The molecule has 0 spiro atoms.